The molecule has 0 radical (unpaired) electrons. The average Bonchev–Trinajstić information content (AvgIpc) is 2.68. The van der Waals surface area contributed by atoms with Crippen molar-refractivity contribution in [3.05, 3.63) is 17.1 Å². The van der Waals surface area contributed by atoms with Crippen LogP contribution in [0.1, 0.15) is 30.9 Å². The molecule has 0 saturated heterocycles. The summed E-state index contributed by atoms with van der Waals surface area (Å²) in [6, 6.07) is 0.272. The number of aromatic nitrogens is 1. The zero-order valence-corrected chi connectivity index (χ0v) is 8.33. The van der Waals surface area contributed by atoms with Crippen LogP contribution in [-0.2, 0) is 0 Å². The van der Waals surface area contributed by atoms with Crippen LogP contribution in [0, 0.1) is 17.8 Å². The van der Waals surface area contributed by atoms with Gasteiger partial charge in [-0.1, -0.05) is 6.42 Å². The highest BCUT2D eigenvalue weighted by molar-refractivity contribution is 7.03. The Hall–Kier alpha value is -0.410. The molecule has 0 aromatic carbocycles. The topological polar surface area (TPSA) is 38.9 Å². The number of nitrogens with zero attached hydrogens (tertiary/aromatic N) is 1. The molecule has 2 aliphatic rings. The number of fused-ring (bicyclic) bond motifs is 1. The molecule has 2 N–H and O–H groups in total. The number of rotatable bonds is 2. The summed E-state index contributed by atoms with van der Waals surface area (Å²) in [6.07, 6.45) is 6.20. The highest BCUT2D eigenvalue weighted by Gasteiger charge is 2.55. The average molecular weight is 194 g/mol. The molecular weight excluding hydrogens is 180 g/mol. The van der Waals surface area contributed by atoms with E-state index in [0.29, 0.717) is 0 Å². The molecule has 0 bridgehead atoms. The molecule has 1 aromatic heterocycles. The highest BCUT2D eigenvalue weighted by atomic mass is 32.1. The van der Waals surface area contributed by atoms with Gasteiger partial charge in [-0.3, -0.25) is 0 Å². The predicted molar refractivity (Wildman–Crippen MR) is 53.4 cm³/mol. The Kier molecular flexibility index (Phi) is 1.70. The Morgan fingerprint density at radius 3 is 2.85 bits per heavy atom. The molecule has 1 aromatic rings. The minimum atomic E-state index is 0.272. The van der Waals surface area contributed by atoms with Crippen molar-refractivity contribution in [2.24, 2.45) is 23.5 Å². The van der Waals surface area contributed by atoms with Gasteiger partial charge in [0.1, 0.15) is 0 Å². The Morgan fingerprint density at radius 1 is 1.46 bits per heavy atom. The fourth-order valence-electron chi connectivity index (χ4n) is 3.01. The third-order valence-corrected chi connectivity index (χ3v) is 4.33. The van der Waals surface area contributed by atoms with Crippen molar-refractivity contribution in [2.75, 3.05) is 0 Å². The van der Waals surface area contributed by atoms with E-state index in [-0.39, 0.29) is 6.04 Å². The Balaban J connectivity index is 1.74. The molecule has 3 heteroatoms. The first-order chi connectivity index (χ1) is 6.38. The first-order valence-corrected chi connectivity index (χ1v) is 5.86. The van der Waals surface area contributed by atoms with Gasteiger partial charge in [0.25, 0.3) is 0 Å². The van der Waals surface area contributed by atoms with E-state index in [4.69, 9.17) is 5.73 Å². The monoisotopic (exact) mass is 194 g/mol. The van der Waals surface area contributed by atoms with Crippen molar-refractivity contribution in [1.82, 2.24) is 4.37 Å². The van der Waals surface area contributed by atoms with E-state index in [9.17, 15) is 0 Å². The van der Waals surface area contributed by atoms with E-state index in [1.54, 1.807) is 0 Å². The second-order valence-corrected chi connectivity index (χ2v) is 4.98. The second-order valence-electron chi connectivity index (χ2n) is 4.32. The van der Waals surface area contributed by atoms with Gasteiger partial charge in [0.05, 0.1) is 0 Å². The lowest BCUT2D eigenvalue weighted by Crippen LogP contribution is -2.14. The van der Waals surface area contributed by atoms with Crippen LogP contribution in [0.3, 0.4) is 0 Å². The largest absolute Gasteiger partial charge is 0.324 e. The Labute approximate surface area is 82.3 Å². The van der Waals surface area contributed by atoms with Crippen LogP contribution in [-0.4, -0.2) is 4.37 Å². The fraction of sp³-hybridized carbons (Fsp3) is 0.700. The third-order valence-electron chi connectivity index (χ3n) is 3.72. The van der Waals surface area contributed by atoms with E-state index >= 15 is 0 Å². The van der Waals surface area contributed by atoms with Crippen molar-refractivity contribution in [3.63, 3.8) is 0 Å². The van der Waals surface area contributed by atoms with Gasteiger partial charge in [0.15, 0.2) is 0 Å². The van der Waals surface area contributed by atoms with Gasteiger partial charge in [-0.05, 0) is 47.7 Å². The zero-order chi connectivity index (χ0) is 8.84. The van der Waals surface area contributed by atoms with Crippen molar-refractivity contribution in [2.45, 2.75) is 25.3 Å². The summed E-state index contributed by atoms with van der Waals surface area (Å²) < 4.78 is 4.11. The molecular formula is C10H14N2S. The van der Waals surface area contributed by atoms with Crippen molar-refractivity contribution in [1.29, 1.82) is 0 Å². The predicted octanol–water partition coefficient (Wildman–Crippen LogP) is 2.19. The molecule has 1 heterocycles. The van der Waals surface area contributed by atoms with Crippen LogP contribution in [0.4, 0.5) is 0 Å². The summed E-state index contributed by atoms with van der Waals surface area (Å²) in [7, 11) is 0. The van der Waals surface area contributed by atoms with Crippen molar-refractivity contribution < 1.29 is 0 Å². The number of nitrogens with two attached hydrogens (primary N) is 1. The molecule has 0 amide bonds. The lowest BCUT2D eigenvalue weighted by molar-refractivity contribution is 0.502. The summed E-state index contributed by atoms with van der Waals surface area (Å²) in [5.74, 6) is 2.69. The van der Waals surface area contributed by atoms with E-state index in [0.717, 1.165) is 17.8 Å². The summed E-state index contributed by atoms with van der Waals surface area (Å²) in [4.78, 5) is 0. The highest BCUT2D eigenvalue weighted by Crippen LogP contribution is 2.61. The maximum atomic E-state index is 6.20. The van der Waals surface area contributed by atoms with Crippen molar-refractivity contribution >= 4 is 11.5 Å². The summed E-state index contributed by atoms with van der Waals surface area (Å²) in [5, 5.41) is 2.10. The molecule has 2 fully saturated rings. The lowest BCUT2D eigenvalue weighted by Gasteiger charge is -2.10. The molecule has 70 valence electrons. The molecule has 13 heavy (non-hydrogen) atoms. The van der Waals surface area contributed by atoms with Crippen LogP contribution < -0.4 is 5.73 Å². The second kappa shape index (κ2) is 2.79. The van der Waals surface area contributed by atoms with E-state index < -0.39 is 0 Å². The van der Waals surface area contributed by atoms with Crippen LogP contribution in [0.5, 0.6) is 0 Å². The Bertz CT molecular complexity index is 286. The fourth-order valence-corrected chi connectivity index (χ4v) is 3.59. The van der Waals surface area contributed by atoms with Gasteiger partial charge in [0, 0.05) is 17.6 Å². The molecule has 3 unspecified atom stereocenters. The minimum absolute atomic E-state index is 0.272. The van der Waals surface area contributed by atoms with Crippen LogP contribution in [0.25, 0.3) is 0 Å². The van der Waals surface area contributed by atoms with Gasteiger partial charge in [-0.2, -0.15) is 0 Å². The first-order valence-electron chi connectivity index (χ1n) is 5.03. The molecule has 2 nitrogen and oxygen atoms in total. The van der Waals surface area contributed by atoms with Crippen LogP contribution >= 0.6 is 11.5 Å². The molecule has 0 aliphatic heterocycles. The lowest BCUT2D eigenvalue weighted by atomic mass is 10.0. The smallest absolute Gasteiger partial charge is 0.0454 e. The molecule has 3 rings (SSSR count). The van der Waals surface area contributed by atoms with Crippen molar-refractivity contribution in [3.8, 4) is 0 Å². The summed E-state index contributed by atoms with van der Waals surface area (Å²) in [6.45, 7) is 0. The quantitative estimate of drug-likeness (QED) is 0.783. The number of hydrogen-bond acceptors (Lipinski definition) is 3. The van der Waals surface area contributed by atoms with E-state index in [1.807, 2.05) is 6.20 Å². The third kappa shape index (κ3) is 1.14. The Morgan fingerprint density at radius 2 is 2.23 bits per heavy atom. The first kappa shape index (κ1) is 7.94. The van der Waals surface area contributed by atoms with Gasteiger partial charge in [-0.25, -0.2) is 4.37 Å². The summed E-state index contributed by atoms with van der Waals surface area (Å²) >= 11 is 1.51. The molecule has 0 spiro atoms. The van der Waals surface area contributed by atoms with Gasteiger partial charge in [0.2, 0.25) is 0 Å². The normalized spacial score (nSPS) is 38.7. The van der Waals surface area contributed by atoms with Crippen LogP contribution in [0.2, 0.25) is 0 Å². The zero-order valence-electron chi connectivity index (χ0n) is 7.52. The minimum Gasteiger partial charge on any atom is -0.324 e. The standard InChI is InChI=1S/C10H14N2S/c11-10(6-4-12-13-5-6)9-7-2-1-3-8(7)9/h4-5,7-10H,1-3,11H2. The summed E-state index contributed by atoms with van der Waals surface area (Å²) in [5.41, 5.74) is 7.46. The van der Waals surface area contributed by atoms with E-state index in [1.165, 1.54) is 36.4 Å². The maximum absolute atomic E-state index is 6.20. The molecule has 2 saturated carbocycles. The molecule has 3 atom stereocenters. The van der Waals surface area contributed by atoms with Crippen LogP contribution in [0.15, 0.2) is 11.6 Å². The molecule has 2 aliphatic carbocycles. The SMILES string of the molecule is NC(c1cnsc1)C1C2CCCC21. The number of hydrogen-bond donors (Lipinski definition) is 1. The van der Waals surface area contributed by atoms with Gasteiger partial charge >= 0.3 is 0 Å². The van der Waals surface area contributed by atoms with Gasteiger partial charge in [-0.15, -0.1) is 0 Å². The van der Waals surface area contributed by atoms with Gasteiger partial charge < -0.3 is 5.73 Å². The maximum Gasteiger partial charge on any atom is 0.0454 e. The van der Waals surface area contributed by atoms with E-state index in [2.05, 4.69) is 9.75 Å².